The van der Waals surface area contributed by atoms with Gasteiger partial charge >= 0.3 is 5.69 Å². The minimum atomic E-state index is -0.331. The molecule has 7 nitrogen and oxygen atoms in total. The average Bonchev–Trinajstić information content (AvgIpc) is 2.89. The van der Waals surface area contributed by atoms with Gasteiger partial charge < -0.3 is 10.6 Å². The van der Waals surface area contributed by atoms with E-state index >= 15 is 0 Å². The smallest absolute Gasteiger partial charge is 0.333 e. The second-order valence-corrected chi connectivity index (χ2v) is 4.61. The van der Waals surface area contributed by atoms with Crippen LogP contribution in [0.15, 0.2) is 0 Å². The van der Waals surface area contributed by atoms with Crippen LogP contribution < -0.4 is 10.6 Å². The van der Waals surface area contributed by atoms with Crippen LogP contribution in [-0.4, -0.2) is 33.8 Å². The molecule has 1 aromatic rings. The minimum absolute atomic E-state index is 0.131. The molecule has 2 N–H and O–H groups in total. The highest BCUT2D eigenvalue weighted by atomic mass is 16.6. The van der Waals surface area contributed by atoms with Crippen LogP contribution in [0.3, 0.4) is 0 Å². The van der Waals surface area contributed by atoms with Gasteiger partial charge in [-0.15, -0.1) is 0 Å². The maximum atomic E-state index is 11.2. The lowest BCUT2D eigenvalue weighted by atomic mass is 10.2. The lowest BCUT2D eigenvalue weighted by Crippen LogP contribution is -2.23. The van der Waals surface area contributed by atoms with Gasteiger partial charge in [-0.05, 0) is 19.4 Å². The lowest BCUT2D eigenvalue weighted by molar-refractivity contribution is -0.384. The molecular weight excluding hydrogens is 234 g/mol. The number of nitrogens with one attached hydrogen (secondary N) is 2. The van der Waals surface area contributed by atoms with Crippen molar-refractivity contribution in [3.05, 3.63) is 15.8 Å². The molecule has 0 bridgehead atoms. The van der Waals surface area contributed by atoms with Crippen LogP contribution >= 0.6 is 0 Å². The average molecular weight is 253 g/mol. The number of aryl methyl sites for hydroxylation is 2. The van der Waals surface area contributed by atoms with Crippen molar-refractivity contribution in [2.24, 2.45) is 7.05 Å². The van der Waals surface area contributed by atoms with E-state index in [1.165, 1.54) is 0 Å². The lowest BCUT2D eigenvalue weighted by Gasteiger charge is -2.11. The third-order valence-corrected chi connectivity index (χ3v) is 3.16. The summed E-state index contributed by atoms with van der Waals surface area (Å²) in [6, 6.07) is 0.244. The SMILES string of the molecule is CCCc1nn(C)c(NC2CCNC2)c1[N+](=O)[O-]. The van der Waals surface area contributed by atoms with E-state index in [2.05, 4.69) is 15.7 Å². The van der Waals surface area contributed by atoms with E-state index in [0.29, 0.717) is 17.9 Å². The Balaban J connectivity index is 2.28. The summed E-state index contributed by atoms with van der Waals surface area (Å²) in [5.41, 5.74) is 0.699. The van der Waals surface area contributed by atoms with Gasteiger partial charge in [0, 0.05) is 19.6 Å². The standard InChI is InChI=1S/C11H19N5O2/c1-3-4-9-10(16(17)18)11(15(2)14-9)13-8-5-6-12-7-8/h8,12-13H,3-7H2,1-2H3. The van der Waals surface area contributed by atoms with Gasteiger partial charge in [0.15, 0.2) is 0 Å². The molecule has 1 aliphatic heterocycles. The molecule has 7 heteroatoms. The largest absolute Gasteiger partial charge is 0.360 e. The quantitative estimate of drug-likeness (QED) is 0.605. The van der Waals surface area contributed by atoms with Crippen molar-refractivity contribution >= 4 is 11.5 Å². The van der Waals surface area contributed by atoms with Crippen molar-refractivity contribution in [3.8, 4) is 0 Å². The topological polar surface area (TPSA) is 85.0 Å². The van der Waals surface area contributed by atoms with Gasteiger partial charge in [0.2, 0.25) is 5.82 Å². The number of hydrogen-bond acceptors (Lipinski definition) is 5. The Morgan fingerprint density at radius 3 is 3.00 bits per heavy atom. The molecule has 0 saturated carbocycles. The first kappa shape index (κ1) is 12.8. The van der Waals surface area contributed by atoms with E-state index in [9.17, 15) is 10.1 Å². The first-order valence-electron chi connectivity index (χ1n) is 6.31. The summed E-state index contributed by atoms with van der Waals surface area (Å²) in [5.74, 6) is 0.525. The fraction of sp³-hybridized carbons (Fsp3) is 0.727. The molecular formula is C11H19N5O2. The predicted molar refractivity (Wildman–Crippen MR) is 68.8 cm³/mol. The highest BCUT2D eigenvalue weighted by Crippen LogP contribution is 2.29. The van der Waals surface area contributed by atoms with Gasteiger partial charge in [0.05, 0.1) is 4.92 Å². The molecule has 0 radical (unpaired) electrons. The summed E-state index contributed by atoms with van der Waals surface area (Å²) in [6.07, 6.45) is 2.46. The summed E-state index contributed by atoms with van der Waals surface area (Å²) in [7, 11) is 1.75. The Kier molecular flexibility index (Phi) is 3.81. The number of rotatable bonds is 5. The molecule has 1 unspecified atom stereocenters. The van der Waals surface area contributed by atoms with E-state index in [1.54, 1.807) is 11.7 Å². The van der Waals surface area contributed by atoms with Crippen LogP contribution in [0.4, 0.5) is 11.5 Å². The first-order valence-corrected chi connectivity index (χ1v) is 6.31. The maximum Gasteiger partial charge on any atom is 0.333 e. The highest BCUT2D eigenvalue weighted by molar-refractivity contribution is 5.60. The number of nitrogens with zero attached hydrogens (tertiary/aromatic N) is 3. The highest BCUT2D eigenvalue weighted by Gasteiger charge is 2.28. The van der Waals surface area contributed by atoms with E-state index in [-0.39, 0.29) is 16.7 Å². The van der Waals surface area contributed by atoms with Crippen LogP contribution in [0.25, 0.3) is 0 Å². The molecule has 0 aromatic carbocycles. The van der Waals surface area contributed by atoms with Crippen LogP contribution in [-0.2, 0) is 13.5 Å². The fourth-order valence-electron chi connectivity index (χ4n) is 2.30. The van der Waals surface area contributed by atoms with Crippen molar-refractivity contribution in [1.82, 2.24) is 15.1 Å². The van der Waals surface area contributed by atoms with Gasteiger partial charge in [-0.25, -0.2) is 4.68 Å². The third-order valence-electron chi connectivity index (χ3n) is 3.16. The Morgan fingerprint density at radius 1 is 1.67 bits per heavy atom. The molecule has 1 atom stereocenters. The van der Waals surface area contributed by atoms with E-state index in [4.69, 9.17) is 0 Å². The van der Waals surface area contributed by atoms with Gasteiger partial charge in [0.25, 0.3) is 0 Å². The van der Waals surface area contributed by atoms with Crippen molar-refractivity contribution in [3.63, 3.8) is 0 Å². The molecule has 1 aromatic heterocycles. The van der Waals surface area contributed by atoms with Gasteiger partial charge in [-0.2, -0.15) is 5.10 Å². The summed E-state index contributed by atoms with van der Waals surface area (Å²) < 4.78 is 1.58. The Bertz CT molecular complexity index is 437. The number of aromatic nitrogens is 2. The van der Waals surface area contributed by atoms with Crippen LogP contribution in [0, 0.1) is 10.1 Å². The zero-order chi connectivity index (χ0) is 13.1. The maximum absolute atomic E-state index is 11.2. The van der Waals surface area contributed by atoms with Crippen LogP contribution in [0.2, 0.25) is 0 Å². The molecule has 0 aliphatic carbocycles. The second-order valence-electron chi connectivity index (χ2n) is 4.61. The van der Waals surface area contributed by atoms with Crippen molar-refractivity contribution in [2.45, 2.75) is 32.2 Å². The molecule has 0 amide bonds. The molecule has 1 saturated heterocycles. The molecule has 1 aliphatic rings. The zero-order valence-corrected chi connectivity index (χ0v) is 10.8. The number of hydrogen-bond donors (Lipinski definition) is 2. The molecule has 2 rings (SSSR count). The van der Waals surface area contributed by atoms with Gasteiger partial charge in [-0.3, -0.25) is 10.1 Å². The van der Waals surface area contributed by atoms with Crippen molar-refractivity contribution < 1.29 is 4.92 Å². The van der Waals surface area contributed by atoms with Gasteiger partial charge in [0.1, 0.15) is 5.69 Å². The molecule has 2 heterocycles. The molecule has 100 valence electrons. The fourth-order valence-corrected chi connectivity index (χ4v) is 2.30. The first-order chi connectivity index (χ1) is 8.63. The van der Waals surface area contributed by atoms with E-state index in [1.807, 2.05) is 6.92 Å². The number of anilines is 1. The zero-order valence-electron chi connectivity index (χ0n) is 10.8. The van der Waals surface area contributed by atoms with E-state index < -0.39 is 0 Å². The third kappa shape index (κ3) is 2.45. The Labute approximate surface area is 106 Å². The van der Waals surface area contributed by atoms with Crippen LogP contribution in [0.1, 0.15) is 25.5 Å². The Morgan fingerprint density at radius 2 is 2.44 bits per heavy atom. The Hall–Kier alpha value is -1.63. The number of nitro groups is 1. The normalized spacial score (nSPS) is 19.1. The summed E-state index contributed by atoms with van der Waals surface area (Å²) in [4.78, 5) is 10.9. The molecule has 0 spiro atoms. The molecule has 1 fully saturated rings. The second kappa shape index (κ2) is 5.34. The van der Waals surface area contributed by atoms with E-state index in [0.717, 1.165) is 25.9 Å². The monoisotopic (exact) mass is 253 g/mol. The minimum Gasteiger partial charge on any atom is -0.360 e. The van der Waals surface area contributed by atoms with Crippen LogP contribution in [0.5, 0.6) is 0 Å². The summed E-state index contributed by atoms with van der Waals surface area (Å²) in [6.45, 7) is 3.78. The molecule has 18 heavy (non-hydrogen) atoms. The van der Waals surface area contributed by atoms with Crippen molar-refractivity contribution in [1.29, 1.82) is 0 Å². The van der Waals surface area contributed by atoms with Crippen molar-refractivity contribution in [2.75, 3.05) is 18.4 Å². The summed E-state index contributed by atoms with van der Waals surface area (Å²) >= 11 is 0. The predicted octanol–water partition coefficient (Wildman–Crippen LogP) is 1.05. The summed E-state index contributed by atoms with van der Waals surface area (Å²) in [5, 5.41) is 21.9. The van der Waals surface area contributed by atoms with Gasteiger partial charge in [-0.1, -0.05) is 13.3 Å².